The molecule has 3 aromatic rings. The number of carbonyl (C=O) groups is 3. The average Bonchev–Trinajstić information content (AvgIpc) is 3.30. The number of methoxy groups -OCH3 is 1. The van der Waals surface area contributed by atoms with Crippen LogP contribution in [0.25, 0.3) is 0 Å². The SMILES string of the molecule is COc1cc(NC(=O)NS(=O)(=O)c2ccc(Cl)s2)ccc1N1C(=O)c2ccccc2C1=O. The summed E-state index contributed by atoms with van der Waals surface area (Å²) in [5.41, 5.74) is 0.921. The molecule has 164 valence electrons. The fourth-order valence-corrected chi connectivity index (χ4v) is 5.51. The molecule has 4 rings (SSSR count). The third-order valence-corrected chi connectivity index (χ3v) is 7.57. The summed E-state index contributed by atoms with van der Waals surface area (Å²) in [6.45, 7) is 0. The first-order valence-corrected chi connectivity index (χ1v) is 11.6. The first-order valence-electron chi connectivity index (χ1n) is 8.96. The summed E-state index contributed by atoms with van der Waals surface area (Å²) in [6.07, 6.45) is 0. The van der Waals surface area contributed by atoms with Gasteiger partial charge in [0.2, 0.25) is 0 Å². The van der Waals surface area contributed by atoms with Crippen LogP contribution >= 0.6 is 22.9 Å². The van der Waals surface area contributed by atoms with Gasteiger partial charge in [0.25, 0.3) is 21.8 Å². The molecule has 2 aromatic carbocycles. The Morgan fingerprint density at radius 2 is 1.69 bits per heavy atom. The van der Waals surface area contributed by atoms with Gasteiger partial charge in [0.1, 0.15) is 9.96 Å². The van der Waals surface area contributed by atoms with Crippen molar-refractivity contribution in [2.75, 3.05) is 17.3 Å². The van der Waals surface area contributed by atoms with Crippen LogP contribution in [0.3, 0.4) is 0 Å². The summed E-state index contributed by atoms with van der Waals surface area (Å²) in [5.74, 6) is -0.865. The van der Waals surface area contributed by atoms with Gasteiger partial charge < -0.3 is 10.1 Å². The minimum absolute atomic E-state index is 0.115. The predicted molar refractivity (Wildman–Crippen MR) is 119 cm³/mol. The van der Waals surface area contributed by atoms with Gasteiger partial charge in [-0.05, 0) is 36.4 Å². The van der Waals surface area contributed by atoms with E-state index in [0.717, 1.165) is 16.2 Å². The first-order chi connectivity index (χ1) is 15.2. The minimum Gasteiger partial charge on any atom is -0.494 e. The Hall–Kier alpha value is -3.41. The number of sulfonamides is 1. The van der Waals surface area contributed by atoms with Gasteiger partial charge in [-0.15, -0.1) is 11.3 Å². The molecule has 0 saturated carbocycles. The van der Waals surface area contributed by atoms with Gasteiger partial charge in [-0.25, -0.2) is 22.8 Å². The normalized spacial score (nSPS) is 13.1. The molecular weight excluding hydrogens is 478 g/mol. The lowest BCUT2D eigenvalue weighted by Crippen LogP contribution is -2.34. The number of rotatable bonds is 5. The van der Waals surface area contributed by atoms with Gasteiger partial charge in [0.15, 0.2) is 0 Å². The third kappa shape index (κ3) is 3.93. The molecule has 0 fully saturated rings. The van der Waals surface area contributed by atoms with Crippen molar-refractivity contribution in [1.82, 2.24) is 4.72 Å². The molecule has 0 bridgehead atoms. The Morgan fingerprint density at radius 3 is 2.25 bits per heavy atom. The number of fused-ring (bicyclic) bond motifs is 1. The van der Waals surface area contributed by atoms with E-state index in [-0.39, 0.29) is 36.8 Å². The van der Waals surface area contributed by atoms with Crippen LogP contribution in [0.2, 0.25) is 4.34 Å². The molecular formula is C20H14ClN3O6S2. The Morgan fingerprint density at radius 1 is 1.03 bits per heavy atom. The average molecular weight is 492 g/mol. The monoisotopic (exact) mass is 491 g/mol. The fourth-order valence-electron chi connectivity index (χ4n) is 3.12. The molecule has 0 spiro atoms. The number of thiophene rings is 1. The number of urea groups is 1. The Bertz CT molecular complexity index is 1330. The van der Waals surface area contributed by atoms with Gasteiger partial charge in [-0.3, -0.25) is 9.59 Å². The van der Waals surface area contributed by atoms with E-state index in [1.165, 1.54) is 37.4 Å². The van der Waals surface area contributed by atoms with Gasteiger partial charge in [-0.2, -0.15) is 0 Å². The van der Waals surface area contributed by atoms with Crippen molar-refractivity contribution in [2.24, 2.45) is 0 Å². The molecule has 0 unspecified atom stereocenters. The summed E-state index contributed by atoms with van der Waals surface area (Å²) in [4.78, 5) is 38.6. The lowest BCUT2D eigenvalue weighted by Gasteiger charge is -2.18. The topological polar surface area (TPSA) is 122 Å². The Kier molecular flexibility index (Phi) is 5.63. The van der Waals surface area contributed by atoms with Crippen molar-refractivity contribution in [3.8, 4) is 5.75 Å². The van der Waals surface area contributed by atoms with Crippen LogP contribution in [0.4, 0.5) is 16.2 Å². The smallest absolute Gasteiger partial charge is 0.333 e. The molecule has 1 aliphatic rings. The zero-order valence-electron chi connectivity index (χ0n) is 16.3. The molecule has 0 aliphatic carbocycles. The summed E-state index contributed by atoms with van der Waals surface area (Å²) in [7, 11) is -2.76. The van der Waals surface area contributed by atoms with Crippen molar-refractivity contribution >= 4 is 62.2 Å². The number of benzene rings is 2. The van der Waals surface area contributed by atoms with E-state index in [2.05, 4.69) is 5.32 Å². The van der Waals surface area contributed by atoms with E-state index in [1.807, 2.05) is 4.72 Å². The fraction of sp³-hybridized carbons (Fsp3) is 0.0500. The zero-order chi connectivity index (χ0) is 23.0. The second-order valence-electron chi connectivity index (χ2n) is 6.50. The van der Waals surface area contributed by atoms with Crippen LogP contribution in [-0.2, 0) is 10.0 Å². The maximum Gasteiger partial charge on any atom is 0.333 e. The van der Waals surface area contributed by atoms with Gasteiger partial charge in [-0.1, -0.05) is 23.7 Å². The van der Waals surface area contributed by atoms with Crippen LogP contribution in [0, 0.1) is 0 Å². The van der Waals surface area contributed by atoms with E-state index in [4.69, 9.17) is 16.3 Å². The number of nitrogens with zero attached hydrogens (tertiary/aromatic N) is 1. The lowest BCUT2D eigenvalue weighted by molar-refractivity contribution is 0.0925. The molecule has 12 heteroatoms. The highest BCUT2D eigenvalue weighted by Crippen LogP contribution is 2.36. The number of ether oxygens (including phenoxy) is 1. The number of carbonyl (C=O) groups excluding carboxylic acids is 3. The highest BCUT2D eigenvalue weighted by Gasteiger charge is 2.37. The molecule has 4 amide bonds. The lowest BCUT2D eigenvalue weighted by atomic mass is 10.1. The van der Waals surface area contributed by atoms with Crippen molar-refractivity contribution in [1.29, 1.82) is 0 Å². The van der Waals surface area contributed by atoms with Crippen molar-refractivity contribution in [3.05, 3.63) is 70.1 Å². The van der Waals surface area contributed by atoms with Crippen molar-refractivity contribution in [2.45, 2.75) is 4.21 Å². The van der Waals surface area contributed by atoms with Gasteiger partial charge in [0, 0.05) is 11.8 Å². The molecule has 1 aliphatic heterocycles. The second kappa shape index (κ2) is 8.26. The van der Waals surface area contributed by atoms with E-state index in [1.54, 1.807) is 24.3 Å². The molecule has 1 aromatic heterocycles. The number of imide groups is 1. The van der Waals surface area contributed by atoms with Crippen LogP contribution < -0.4 is 19.7 Å². The molecule has 2 N–H and O–H groups in total. The van der Waals surface area contributed by atoms with E-state index in [0.29, 0.717) is 0 Å². The maximum atomic E-state index is 12.7. The predicted octanol–water partition coefficient (Wildman–Crippen LogP) is 3.72. The van der Waals surface area contributed by atoms with Crippen LogP contribution in [0.5, 0.6) is 5.75 Å². The van der Waals surface area contributed by atoms with E-state index < -0.39 is 27.9 Å². The van der Waals surface area contributed by atoms with Crippen molar-refractivity contribution < 1.29 is 27.5 Å². The number of amides is 4. The third-order valence-electron chi connectivity index (χ3n) is 4.51. The Labute approximate surface area is 191 Å². The van der Waals surface area contributed by atoms with Crippen LogP contribution in [0.1, 0.15) is 20.7 Å². The quantitative estimate of drug-likeness (QED) is 0.524. The summed E-state index contributed by atoms with van der Waals surface area (Å²) in [5, 5.41) is 2.38. The standard InChI is InChI=1S/C20H14ClN3O6S2/c1-30-15-10-11(22-20(27)23-32(28,29)17-9-8-16(21)31-17)6-7-14(15)24-18(25)12-4-2-3-5-13(12)19(24)26/h2-10H,1H3,(H2,22,23,27). The number of halogens is 1. The van der Waals surface area contributed by atoms with Crippen LogP contribution in [0.15, 0.2) is 58.8 Å². The number of nitrogens with one attached hydrogen (secondary N) is 2. The van der Waals surface area contributed by atoms with Crippen molar-refractivity contribution in [3.63, 3.8) is 0 Å². The number of hydrogen-bond donors (Lipinski definition) is 2. The summed E-state index contributed by atoms with van der Waals surface area (Å²) >= 11 is 6.55. The summed E-state index contributed by atoms with van der Waals surface area (Å²) in [6, 6.07) is 12.3. The summed E-state index contributed by atoms with van der Waals surface area (Å²) < 4.78 is 31.8. The second-order valence-corrected chi connectivity index (χ2v) is 10.1. The molecule has 0 saturated heterocycles. The molecule has 0 atom stereocenters. The molecule has 32 heavy (non-hydrogen) atoms. The van der Waals surface area contributed by atoms with E-state index >= 15 is 0 Å². The molecule has 9 nitrogen and oxygen atoms in total. The Balaban J connectivity index is 1.55. The first kappa shape index (κ1) is 21.8. The minimum atomic E-state index is -4.10. The van der Waals surface area contributed by atoms with Gasteiger partial charge >= 0.3 is 6.03 Å². The molecule has 2 heterocycles. The van der Waals surface area contributed by atoms with E-state index in [9.17, 15) is 22.8 Å². The number of hydrogen-bond acceptors (Lipinski definition) is 7. The highest BCUT2D eigenvalue weighted by atomic mass is 35.5. The molecule has 0 radical (unpaired) electrons. The van der Waals surface area contributed by atoms with Gasteiger partial charge in [0.05, 0.1) is 28.3 Å². The largest absolute Gasteiger partial charge is 0.494 e. The zero-order valence-corrected chi connectivity index (χ0v) is 18.7. The highest BCUT2D eigenvalue weighted by molar-refractivity contribution is 7.92. The maximum absolute atomic E-state index is 12.7. The van der Waals surface area contributed by atoms with Crippen LogP contribution in [-0.4, -0.2) is 33.4 Å². The number of anilines is 2.